The lowest BCUT2D eigenvalue weighted by Gasteiger charge is -2.13. The summed E-state index contributed by atoms with van der Waals surface area (Å²) in [6.45, 7) is 1.77. The van der Waals surface area contributed by atoms with Crippen LogP contribution in [-0.4, -0.2) is 27.1 Å². The van der Waals surface area contributed by atoms with Crippen molar-refractivity contribution in [2.24, 2.45) is 0 Å². The van der Waals surface area contributed by atoms with Crippen molar-refractivity contribution in [2.75, 3.05) is 6.54 Å². The number of nitrogens with one attached hydrogen (secondary N) is 1. The minimum Gasteiger partial charge on any atom is -0.387 e. The fraction of sp³-hybridized carbons (Fsp3) is 0.353. The average molecular weight is 313 g/mol. The van der Waals surface area contributed by atoms with Gasteiger partial charge >= 0.3 is 0 Å². The molecule has 1 fully saturated rings. The number of rotatable bonds is 5. The van der Waals surface area contributed by atoms with Crippen LogP contribution in [0.25, 0.3) is 0 Å². The minimum atomic E-state index is -0.859. The Bertz CT molecular complexity index is 766. The van der Waals surface area contributed by atoms with E-state index in [1.54, 1.807) is 48.3 Å². The van der Waals surface area contributed by atoms with E-state index in [0.29, 0.717) is 11.1 Å². The standard InChI is InChI=1S/C17H19N3O3/c1-11-6-8-20(13-4-5-13)17(23)15(11)16(22)19-10-14(21)12-3-2-7-18-9-12/h2-3,6-9,13-14,21H,4-5,10H2,1H3,(H,19,22). The second-order valence-electron chi connectivity index (χ2n) is 5.83. The van der Waals surface area contributed by atoms with Crippen LogP contribution in [0.2, 0.25) is 0 Å². The molecule has 0 radical (unpaired) electrons. The molecular formula is C17H19N3O3. The highest BCUT2D eigenvalue weighted by Crippen LogP contribution is 2.33. The number of pyridine rings is 2. The van der Waals surface area contributed by atoms with Gasteiger partial charge in [-0.1, -0.05) is 6.07 Å². The molecule has 1 aliphatic rings. The number of hydrogen-bond acceptors (Lipinski definition) is 4. The summed E-state index contributed by atoms with van der Waals surface area (Å²) in [7, 11) is 0. The minimum absolute atomic E-state index is 0.0295. The molecule has 6 heteroatoms. The number of nitrogens with zero attached hydrogens (tertiary/aromatic N) is 2. The van der Waals surface area contributed by atoms with Gasteiger partial charge in [-0.3, -0.25) is 14.6 Å². The molecule has 6 nitrogen and oxygen atoms in total. The summed E-state index contributed by atoms with van der Waals surface area (Å²) < 4.78 is 1.62. The zero-order valence-electron chi connectivity index (χ0n) is 12.9. The number of aliphatic hydroxyl groups excluding tert-OH is 1. The molecule has 2 aromatic heterocycles. The Balaban J connectivity index is 1.74. The highest BCUT2D eigenvalue weighted by atomic mass is 16.3. The van der Waals surface area contributed by atoms with Crippen molar-refractivity contribution in [2.45, 2.75) is 31.9 Å². The maximum Gasteiger partial charge on any atom is 0.263 e. The van der Waals surface area contributed by atoms with Gasteiger partial charge in [0.1, 0.15) is 5.56 Å². The Labute approximate surface area is 133 Å². The van der Waals surface area contributed by atoms with Gasteiger partial charge in [0.15, 0.2) is 0 Å². The number of carbonyl (C=O) groups excluding carboxylic acids is 1. The van der Waals surface area contributed by atoms with E-state index in [4.69, 9.17) is 0 Å². The third kappa shape index (κ3) is 3.32. The van der Waals surface area contributed by atoms with Crippen LogP contribution < -0.4 is 10.9 Å². The Morgan fingerprint density at radius 3 is 2.91 bits per heavy atom. The van der Waals surface area contributed by atoms with E-state index in [0.717, 1.165) is 12.8 Å². The summed E-state index contributed by atoms with van der Waals surface area (Å²) in [6.07, 6.45) is 6.00. The predicted octanol–water partition coefficient (Wildman–Crippen LogP) is 1.35. The molecule has 2 heterocycles. The Kier molecular flexibility index (Phi) is 4.25. The monoisotopic (exact) mass is 313 g/mol. The largest absolute Gasteiger partial charge is 0.387 e. The number of aliphatic hydroxyl groups is 1. The summed E-state index contributed by atoms with van der Waals surface area (Å²) in [6, 6.07) is 5.45. The van der Waals surface area contributed by atoms with Crippen LogP contribution in [0.5, 0.6) is 0 Å². The maximum absolute atomic E-state index is 12.5. The molecule has 1 amide bonds. The zero-order valence-corrected chi connectivity index (χ0v) is 12.9. The second kappa shape index (κ2) is 6.34. The van der Waals surface area contributed by atoms with E-state index in [2.05, 4.69) is 10.3 Å². The Morgan fingerprint density at radius 1 is 1.48 bits per heavy atom. The van der Waals surface area contributed by atoms with Crippen molar-refractivity contribution in [1.29, 1.82) is 0 Å². The Hall–Kier alpha value is -2.47. The van der Waals surface area contributed by atoms with Crippen LogP contribution in [0.4, 0.5) is 0 Å². The molecule has 120 valence electrons. The van der Waals surface area contributed by atoms with Crippen LogP contribution in [0, 0.1) is 6.92 Å². The molecule has 1 aliphatic carbocycles. The number of aromatic nitrogens is 2. The fourth-order valence-corrected chi connectivity index (χ4v) is 2.53. The molecule has 0 aromatic carbocycles. The highest BCUT2D eigenvalue weighted by Gasteiger charge is 2.27. The normalized spacial score (nSPS) is 15.2. The summed E-state index contributed by atoms with van der Waals surface area (Å²) in [5, 5.41) is 12.7. The van der Waals surface area contributed by atoms with Gasteiger partial charge in [-0.25, -0.2) is 0 Å². The molecular weight excluding hydrogens is 294 g/mol. The number of carbonyl (C=O) groups is 1. The summed E-state index contributed by atoms with van der Waals surface area (Å²) in [4.78, 5) is 28.8. The molecule has 23 heavy (non-hydrogen) atoms. The van der Waals surface area contributed by atoms with E-state index >= 15 is 0 Å². The fourth-order valence-electron chi connectivity index (χ4n) is 2.53. The van der Waals surface area contributed by atoms with Crippen molar-refractivity contribution in [3.63, 3.8) is 0 Å². The van der Waals surface area contributed by atoms with Gasteiger partial charge in [-0.15, -0.1) is 0 Å². The first-order valence-corrected chi connectivity index (χ1v) is 7.66. The number of amides is 1. The van der Waals surface area contributed by atoms with E-state index in [9.17, 15) is 14.7 Å². The van der Waals surface area contributed by atoms with Crippen molar-refractivity contribution in [1.82, 2.24) is 14.9 Å². The van der Waals surface area contributed by atoms with Crippen molar-refractivity contribution >= 4 is 5.91 Å². The van der Waals surface area contributed by atoms with Crippen LogP contribution in [0.15, 0.2) is 41.6 Å². The molecule has 0 bridgehead atoms. The quantitative estimate of drug-likeness (QED) is 0.872. The van der Waals surface area contributed by atoms with Gasteiger partial charge < -0.3 is 15.0 Å². The first kappa shape index (κ1) is 15.4. The smallest absolute Gasteiger partial charge is 0.263 e. The highest BCUT2D eigenvalue weighted by molar-refractivity contribution is 5.95. The lowest BCUT2D eigenvalue weighted by atomic mass is 10.1. The third-order valence-corrected chi connectivity index (χ3v) is 4.02. The molecule has 0 spiro atoms. The summed E-state index contributed by atoms with van der Waals surface area (Å²) in [5.74, 6) is -0.453. The van der Waals surface area contributed by atoms with Crippen LogP contribution >= 0.6 is 0 Å². The lowest BCUT2D eigenvalue weighted by Crippen LogP contribution is -2.35. The third-order valence-electron chi connectivity index (χ3n) is 4.02. The molecule has 0 aliphatic heterocycles. The molecule has 1 atom stereocenters. The van der Waals surface area contributed by atoms with Gasteiger partial charge in [0.05, 0.1) is 6.10 Å². The topological polar surface area (TPSA) is 84.2 Å². The zero-order chi connectivity index (χ0) is 16.4. The molecule has 1 saturated carbocycles. The first-order chi connectivity index (χ1) is 11.1. The van der Waals surface area contributed by atoms with E-state index < -0.39 is 12.0 Å². The van der Waals surface area contributed by atoms with Crippen molar-refractivity contribution in [3.8, 4) is 0 Å². The lowest BCUT2D eigenvalue weighted by molar-refractivity contribution is 0.0913. The van der Waals surface area contributed by atoms with Gasteiger partial charge in [0.25, 0.3) is 11.5 Å². The molecule has 2 N–H and O–H groups in total. The molecule has 3 rings (SSSR count). The number of hydrogen-bond donors (Lipinski definition) is 2. The Morgan fingerprint density at radius 2 is 2.26 bits per heavy atom. The SMILES string of the molecule is Cc1ccn(C2CC2)c(=O)c1C(=O)NCC(O)c1cccnc1. The summed E-state index contributed by atoms with van der Waals surface area (Å²) >= 11 is 0. The molecule has 2 aromatic rings. The van der Waals surface area contributed by atoms with Crippen LogP contribution in [0.1, 0.15) is 46.5 Å². The summed E-state index contributed by atoms with van der Waals surface area (Å²) in [5.41, 5.74) is 1.15. The van der Waals surface area contributed by atoms with E-state index in [-0.39, 0.29) is 23.7 Å². The van der Waals surface area contributed by atoms with Crippen molar-refractivity contribution in [3.05, 3.63) is 63.8 Å². The predicted molar refractivity (Wildman–Crippen MR) is 85.2 cm³/mol. The maximum atomic E-state index is 12.5. The average Bonchev–Trinajstić information content (AvgIpc) is 3.38. The molecule has 0 saturated heterocycles. The van der Waals surface area contributed by atoms with Crippen LogP contribution in [-0.2, 0) is 0 Å². The molecule has 1 unspecified atom stereocenters. The van der Waals surface area contributed by atoms with Crippen molar-refractivity contribution < 1.29 is 9.90 Å². The van der Waals surface area contributed by atoms with Crippen LogP contribution in [0.3, 0.4) is 0 Å². The second-order valence-corrected chi connectivity index (χ2v) is 5.83. The van der Waals surface area contributed by atoms with E-state index in [1.807, 2.05) is 0 Å². The van der Waals surface area contributed by atoms with Gasteiger partial charge in [-0.05, 0) is 37.5 Å². The van der Waals surface area contributed by atoms with Gasteiger partial charge in [0, 0.05) is 36.7 Å². The first-order valence-electron chi connectivity index (χ1n) is 7.66. The van der Waals surface area contributed by atoms with Gasteiger partial charge in [0.2, 0.25) is 0 Å². The van der Waals surface area contributed by atoms with E-state index in [1.165, 1.54) is 0 Å². The van der Waals surface area contributed by atoms with Gasteiger partial charge in [-0.2, -0.15) is 0 Å². The number of aryl methyl sites for hydroxylation is 1.